The van der Waals surface area contributed by atoms with Gasteiger partial charge < -0.3 is 9.64 Å². The van der Waals surface area contributed by atoms with Gasteiger partial charge in [0.05, 0.1) is 13.4 Å². The van der Waals surface area contributed by atoms with Gasteiger partial charge in [0.2, 0.25) is 10.0 Å². The first-order chi connectivity index (χ1) is 10.3. The second-order valence-electron chi connectivity index (χ2n) is 5.49. The minimum Gasteiger partial charge on any atom is -0.496 e. The van der Waals surface area contributed by atoms with Gasteiger partial charge in [-0.05, 0) is 31.0 Å². The predicted molar refractivity (Wildman–Crippen MR) is 84.7 cm³/mol. The highest BCUT2D eigenvalue weighted by Gasteiger charge is 2.24. The summed E-state index contributed by atoms with van der Waals surface area (Å²) < 4.78 is 29.9. The summed E-state index contributed by atoms with van der Waals surface area (Å²) in [6.45, 7) is 3.68. The van der Waals surface area contributed by atoms with E-state index in [9.17, 15) is 13.2 Å². The molecule has 6 nitrogen and oxygen atoms in total. The number of nitrogens with zero attached hydrogens (tertiary/aromatic N) is 2. The summed E-state index contributed by atoms with van der Waals surface area (Å²) in [4.78, 5) is 14.3. The number of benzene rings is 1. The summed E-state index contributed by atoms with van der Waals surface area (Å²) in [6, 6.07) is 5.36. The normalized spacial score (nSPS) is 17.1. The van der Waals surface area contributed by atoms with Gasteiger partial charge in [0.1, 0.15) is 5.75 Å². The number of methoxy groups -OCH3 is 1. The van der Waals surface area contributed by atoms with Crippen molar-refractivity contribution < 1.29 is 17.9 Å². The first kappa shape index (κ1) is 16.8. The molecular weight excluding hydrogens is 304 g/mol. The maximum atomic E-state index is 12.6. The van der Waals surface area contributed by atoms with Crippen molar-refractivity contribution in [2.75, 3.05) is 39.5 Å². The van der Waals surface area contributed by atoms with Crippen molar-refractivity contribution in [1.29, 1.82) is 0 Å². The van der Waals surface area contributed by atoms with Crippen LogP contribution in [0.1, 0.15) is 22.3 Å². The molecule has 1 aromatic carbocycles. The zero-order valence-corrected chi connectivity index (χ0v) is 14.0. The second-order valence-corrected chi connectivity index (χ2v) is 7.47. The van der Waals surface area contributed by atoms with Crippen LogP contribution in [-0.4, -0.2) is 63.1 Å². The fraction of sp³-hybridized carbons (Fsp3) is 0.533. The summed E-state index contributed by atoms with van der Waals surface area (Å²) in [5, 5.41) is 0. The Morgan fingerprint density at radius 3 is 2.55 bits per heavy atom. The van der Waals surface area contributed by atoms with E-state index in [1.54, 1.807) is 24.1 Å². The highest BCUT2D eigenvalue weighted by atomic mass is 32.2. The van der Waals surface area contributed by atoms with Gasteiger partial charge in [-0.1, -0.05) is 6.07 Å². The molecule has 0 aromatic heterocycles. The first-order valence-electron chi connectivity index (χ1n) is 7.22. The lowest BCUT2D eigenvalue weighted by molar-refractivity contribution is 0.0764. The molecule has 0 bridgehead atoms. The molecule has 1 fully saturated rings. The van der Waals surface area contributed by atoms with Crippen LogP contribution < -0.4 is 4.74 Å². The molecule has 22 heavy (non-hydrogen) atoms. The number of amides is 1. The average molecular weight is 326 g/mol. The quantitative estimate of drug-likeness (QED) is 0.834. The average Bonchev–Trinajstić information content (AvgIpc) is 2.72. The Kier molecular flexibility index (Phi) is 5.08. The fourth-order valence-corrected chi connectivity index (χ4v) is 3.44. The summed E-state index contributed by atoms with van der Waals surface area (Å²) in [5.74, 6) is 0.590. The summed E-state index contributed by atoms with van der Waals surface area (Å²) in [5.41, 5.74) is 1.54. The molecule has 0 N–H and O–H groups in total. The van der Waals surface area contributed by atoms with Crippen molar-refractivity contribution in [3.8, 4) is 5.75 Å². The van der Waals surface area contributed by atoms with Gasteiger partial charge in [0.25, 0.3) is 5.91 Å². The molecule has 1 saturated heterocycles. The smallest absolute Gasteiger partial charge is 0.254 e. The number of hydrogen-bond acceptors (Lipinski definition) is 4. The molecule has 0 spiro atoms. The molecule has 1 aliphatic rings. The molecular formula is C15H22N2O4S. The van der Waals surface area contributed by atoms with Crippen LogP contribution in [0.5, 0.6) is 5.75 Å². The maximum Gasteiger partial charge on any atom is 0.254 e. The third-order valence-corrected chi connectivity index (χ3v) is 5.17. The van der Waals surface area contributed by atoms with Crippen molar-refractivity contribution >= 4 is 15.9 Å². The van der Waals surface area contributed by atoms with Crippen LogP contribution in [0.2, 0.25) is 0 Å². The van der Waals surface area contributed by atoms with E-state index in [0.29, 0.717) is 43.9 Å². The Morgan fingerprint density at radius 2 is 1.91 bits per heavy atom. The van der Waals surface area contributed by atoms with Gasteiger partial charge in [-0.2, -0.15) is 0 Å². The van der Waals surface area contributed by atoms with Gasteiger partial charge in [-0.15, -0.1) is 0 Å². The Labute approximate surface area is 131 Å². The van der Waals surface area contributed by atoms with E-state index in [2.05, 4.69) is 0 Å². The Bertz CT molecular complexity index is 658. The topological polar surface area (TPSA) is 66.9 Å². The Balaban J connectivity index is 2.13. The molecule has 7 heteroatoms. The van der Waals surface area contributed by atoms with E-state index >= 15 is 0 Å². The molecule has 122 valence electrons. The van der Waals surface area contributed by atoms with Gasteiger partial charge >= 0.3 is 0 Å². The zero-order chi connectivity index (χ0) is 16.3. The summed E-state index contributed by atoms with van der Waals surface area (Å²) >= 11 is 0. The molecule has 0 atom stereocenters. The predicted octanol–water partition coefficient (Wildman–Crippen LogP) is 1.11. The number of ether oxygens (including phenoxy) is 1. The highest BCUT2D eigenvalue weighted by Crippen LogP contribution is 2.20. The van der Waals surface area contributed by atoms with Gasteiger partial charge in [-0.3, -0.25) is 4.79 Å². The lowest BCUT2D eigenvalue weighted by atomic mass is 10.1. The molecule has 1 heterocycles. The number of carbonyl (C=O) groups is 1. The molecule has 1 aliphatic heterocycles. The van der Waals surface area contributed by atoms with Crippen molar-refractivity contribution in [2.24, 2.45) is 0 Å². The van der Waals surface area contributed by atoms with Crippen LogP contribution in [0, 0.1) is 6.92 Å². The van der Waals surface area contributed by atoms with E-state index in [1.165, 1.54) is 10.6 Å². The van der Waals surface area contributed by atoms with Gasteiger partial charge in [-0.25, -0.2) is 12.7 Å². The van der Waals surface area contributed by atoms with E-state index in [-0.39, 0.29) is 5.91 Å². The minimum absolute atomic E-state index is 0.0892. The van der Waals surface area contributed by atoms with E-state index in [4.69, 9.17) is 4.74 Å². The van der Waals surface area contributed by atoms with Crippen molar-refractivity contribution in [1.82, 2.24) is 9.21 Å². The third kappa shape index (κ3) is 3.78. The van der Waals surface area contributed by atoms with E-state index in [1.807, 2.05) is 13.0 Å². The van der Waals surface area contributed by atoms with Crippen LogP contribution in [-0.2, 0) is 10.0 Å². The summed E-state index contributed by atoms with van der Waals surface area (Å²) in [7, 11) is -1.63. The van der Waals surface area contributed by atoms with Crippen molar-refractivity contribution in [2.45, 2.75) is 13.3 Å². The molecule has 0 saturated carbocycles. The summed E-state index contributed by atoms with van der Waals surface area (Å²) in [6.07, 6.45) is 1.84. The molecule has 2 rings (SSSR count). The Morgan fingerprint density at radius 1 is 1.18 bits per heavy atom. The van der Waals surface area contributed by atoms with E-state index in [0.717, 1.165) is 5.56 Å². The second kappa shape index (κ2) is 6.66. The van der Waals surface area contributed by atoms with Crippen LogP contribution >= 0.6 is 0 Å². The molecule has 0 aliphatic carbocycles. The van der Waals surface area contributed by atoms with Crippen LogP contribution in [0.3, 0.4) is 0 Å². The van der Waals surface area contributed by atoms with Crippen LogP contribution in [0.4, 0.5) is 0 Å². The maximum absolute atomic E-state index is 12.6. The SMILES string of the molecule is COc1cc(C(=O)N2CCCN(S(C)(=O)=O)CC2)ccc1C. The monoisotopic (exact) mass is 326 g/mol. The number of hydrogen-bond donors (Lipinski definition) is 0. The lowest BCUT2D eigenvalue weighted by Crippen LogP contribution is -2.36. The fourth-order valence-electron chi connectivity index (χ4n) is 2.56. The van der Waals surface area contributed by atoms with Crippen LogP contribution in [0.15, 0.2) is 18.2 Å². The molecule has 1 amide bonds. The molecule has 1 aromatic rings. The largest absolute Gasteiger partial charge is 0.496 e. The molecule has 0 unspecified atom stereocenters. The van der Waals surface area contributed by atoms with Crippen molar-refractivity contribution in [3.63, 3.8) is 0 Å². The van der Waals surface area contributed by atoms with Gasteiger partial charge in [0, 0.05) is 31.7 Å². The molecule has 0 radical (unpaired) electrons. The number of carbonyl (C=O) groups excluding carboxylic acids is 1. The first-order valence-corrected chi connectivity index (χ1v) is 9.07. The number of aryl methyl sites for hydroxylation is 1. The highest BCUT2D eigenvalue weighted by molar-refractivity contribution is 7.88. The lowest BCUT2D eigenvalue weighted by Gasteiger charge is -2.21. The number of rotatable bonds is 3. The number of sulfonamides is 1. The van der Waals surface area contributed by atoms with Crippen LogP contribution in [0.25, 0.3) is 0 Å². The van der Waals surface area contributed by atoms with Crippen molar-refractivity contribution in [3.05, 3.63) is 29.3 Å². The van der Waals surface area contributed by atoms with E-state index < -0.39 is 10.0 Å². The standard InChI is InChI=1S/C15H22N2O4S/c1-12-5-6-13(11-14(12)21-2)15(18)16-7-4-8-17(10-9-16)22(3,19)20/h5-6,11H,4,7-10H2,1-3H3. The Hall–Kier alpha value is -1.60. The minimum atomic E-state index is -3.20. The van der Waals surface area contributed by atoms with Gasteiger partial charge in [0.15, 0.2) is 0 Å². The zero-order valence-electron chi connectivity index (χ0n) is 13.2. The third-order valence-electron chi connectivity index (χ3n) is 3.87.